The zero-order valence-electron chi connectivity index (χ0n) is 17.0. The topological polar surface area (TPSA) is 54.9 Å². The van der Waals surface area contributed by atoms with E-state index in [-0.39, 0.29) is 18.4 Å². The second-order valence-electron chi connectivity index (χ2n) is 7.78. The van der Waals surface area contributed by atoms with Crippen molar-refractivity contribution in [3.63, 3.8) is 0 Å². The molecule has 0 saturated heterocycles. The molecule has 1 N–H and O–H groups in total. The monoisotopic (exact) mass is 465 g/mol. The van der Waals surface area contributed by atoms with Crippen molar-refractivity contribution in [1.29, 1.82) is 0 Å². The van der Waals surface area contributed by atoms with Gasteiger partial charge in [0.1, 0.15) is 11.6 Å². The summed E-state index contributed by atoms with van der Waals surface area (Å²) >= 11 is 0. The van der Waals surface area contributed by atoms with E-state index in [9.17, 15) is 31.1 Å². The van der Waals surface area contributed by atoms with E-state index >= 15 is 0 Å². The van der Waals surface area contributed by atoms with E-state index in [4.69, 9.17) is 0 Å². The summed E-state index contributed by atoms with van der Waals surface area (Å²) in [6.07, 6.45) is 1.56. The molecule has 0 radical (unpaired) electrons. The van der Waals surface area contributed by atoms with Gasteiger partial charge < -0.3 is 5.32 Å². The molecule has 1 aromatic carbocycles. The molecular formula is C23H17F6N3O. The molecule has 2 heterocycles. The van der Waals surface area contributed by atoms with Gasteiger partial charge in [0.15, 0.2) is 5.82 Å². The highest BCUT2D eigenvalue weighted by molar-refractivity contribution is 6.06. The minimum atomic E-state index is -2.85. The maximum absolute atomic E-state index is 15.0. The fraction of sp³-hybridized carbons (Fsp3) is 0.261. The van der Waals surface area contributed by atoms with Crippen LogP contribution in [0.2, 0.25) is 0 Å². The van der Waals surface area contributed by atoms with Crippen LogP contribution in [0.4, 0.5) is 26.3 Å². The van der Waals surface area contributed by atoms with Gasteiger partial charge in [-0.1, -0.05) is 6.07 Å². The largest absolute Gasteiger partial charge is 0.349 e. The van der Waals surface area contributed by atoms with Gasteiger partial charge in [-0.15, -0.1) is 0 Å². The summed E-state index contributed by atoms with van der Waals surface area (Å²) in [5, 5.41) is 2.54. The number of hydrogen-bond acceptors (Lipinski definition) is 3. The molecule has 172 valence electrons. The molecule has 0 aliphatic heterocycles. The zero-order valence-corrected chi connectivity index (χ0v) is 17.0. The number of nitrogens with zero attached hydrogens (tertiary/aromatic N) is 2. The second kappa shape index (κ2) is 8.84. The molecule has 0 atom stereocenters. The van der Waals surface area contributed by atoms with Crippen LogP contribution < -0.4 is 5.32 Å². The first-order valence-corrected chi connectivity index (χ1v) is 10.1. The standard InChI is InChI=1S/C23H17F6N3O/c24-13-3-4-16(25)15(10-13)20-18(22(33)31-14-5-7-23(28,29)8-6-14)17(19(26)21(27)32-20)12-2-1-9-30-11-12/h1-4,9-11,14H,5-8H2,(H,31,33). The number of amides is 1. The van der Waals surface area contributed by atoms with Crippen molar-refractivity contribution in [2.75, 3.05) is 0 Å². The van der Waals surface area contributed by atoms with Gasteiger partial charge in [-0.25, -0.2) is 26.9 Å². The Hall–Kier alpha value is -3.43. The highest BCUT2D eigenvalue weighted by Crippen LogP contribution is 2.37. The van der Waals surface area contributed by atoms with Crippen LogP contribution in [0.15, 0.2) is 42.7 Å². The highest BCUT2D eigenvalue weighted by Gasteiger charge is 2.36. The van der Waals surface area contributed by atoms with Gasteiger partial charge >= 0.3 is 0 Å². The number of halogens is 6. The van der Waals surface area contributed by atoms with E-state index in [2.05, 4.69) is 15.3 Å². The van der Waals surface area contributed by atoms with Crippen molar-refractivity contribution in [3.8, 4) is 22.4 Å². The first-order chi connectivity index (χ1) is 15.7. The lowest BCUT2D eigenvalue weighted by Crippen LogP contribution is -2.40. The van der Waals surface area contributed by atoms with Gasteiger partial charge in [-0.3, -0.25) is 9.78 Å². The van der Waals surface area contributed by atoms with Gasteiger partial charge in [0.2, 0.25) is 11.9 Å². The Labute approximate surface area is 184 Å². The summed E-state index contributed by atoms with van der Waals surface area (Å²) in [4.78, 5) is 20.5. The number of benzene rings is 1. The number of aromatic nitrogens is 2. The molecule has 0 unspecified atom stereocenters. The summed E-state index contributed by atoms with van der Waals surface area (Å²) in [5.41, 5.74) is -2.28. The molecule has 0 bridgehead atoms. The number of alkyl halides is 2. The van der Waals surface area contributed by atoms with Crippen LogP contribution in [0, 0.1) is 23.4 Å². The molecule has 1 aliphatic carbocycles. The number of pyridine rings is 2. The van der Waals surface area contributed by atoms with Crippen molar-refractivity contribution in [2.45, 2.75) is 37.6 Å². The van der Waals surface area contributed by atoms with Gasteiger partial charge in [0.25, 0.3) is 5.91 Å². The van der Waals surface area contributed by atoms with Crippen molar-refractivity contribution in [3.05, 3.63) is 71.7 Å². The van der Waals surface area contributed by atoms with E-state index in [1.54, 1.807) is 0 Å². The molecule has 1 fully saturated rings. The van der Waals surface area contributed by atoms with E-state index in [0.29, 0.717) is 6.07 Å². The van der Waals surface area contributed by atoms with Gasteiger partial charge in [0.05, 0.1) is 11.3 Å². The van der Waals surface area contributed by atoms with Crippen molar-refractivity contribution >= 4 is 5.91 Å². The first kappa shape index (κ1) is 22.8. The van der Waals surface area contributed by atoms with Crippen LogP contribution >= 0.6 is 0 Å². The van der Waals surface area contributed by atoms with E-state index in [1.165, 1.54) is 24.5 Å². The summed E-state index contributed by atoms with van der Waals surface area (Å²) in [7, 11) is 0. The smallest absolute Gasteiger partial charge is 0.254 e. The Bertz CT molecular complexity index is 1190. The van der Waals surface area contributed by atoms with Crippen LogP contribution in [-0.4, -0.2) is 27.8 Å². The second-order valence-corrected chi connectivity index (χ2v) is 7.78. The molecule has 2 aromatic heterocycles. The molecule has 4 nitrogen and oxygen atoms in total. The zero-order chi connectivity index (χ0) is 23.8. The Balaban J connectivity index is 1.88. The minimum Gasteiger partial charge on any atom is -0.349 e. The maximum atomic E-state index is 15.0. The van der Waals surface area contributed by atoms with Crippen LogP contribution in [0.3, 0.4) is 0 Å². The number of nitrogens with one attached hydrogen (secondary N) is 1. The Morgan fingerprint density at radius 2 is 1.79 bits per heavy atom. The molecular weight excluding hydrogens is 448 g/mol. The van der Waals surface area contributed by atoms with E-state index in [0.717, 1.165) is 12.1 Å². The quantitative estimate of drug-likeness (QED) is 0.399. The molecule has 1 saturated carbocycles. The van der Waals surface area contributed by atoms with Crippen molar-refractivity contribution in [1.82, 2.24) is 15.3 Å². The van der Waals surface area contributed by atoms with Gasteiger partial charge in [0, 0.05) is 48.0 Å². The highest BCUT2D eigenvalue weighted by atomic mass is 19.3. The minimum absolute atomic E-state index is 0.00492. The number of rotatable bonds is 4. The average molecular weight is 465 g/mol. The Morgan fingerprint density at radius 1 is 1.06 bits per heavy atom. The lowest BCUT2D eigenvalue weighted by molar-refractivity contribution is -0.0399. The van der Waals surface area contributed by atoms with Gasteiger partial charge in [-0.05, 0) is 37.1 Å². The third-order valence-corrected chi connectivity index (χ3v) is 5.51. The third kappa shape index (κ3) is 4.69. The lowest BCUT2D eigenvalue weighted by Gasteiger charge is -2.29. The van der Waals surface area contributed by atoms with E-state index < -0.39 is 76.5 Å². The predicted octanol–water partition coefficient (Wildman–Crippen LogP) is 5.67. The molecule has 4 rings (SSSR count). The summed E-state index contributed by atoms with van der Waals surface area (Å²) in [6, 6.07) is 4.40. The van der Waals surface area contributed by atoms with Crippen molar-refractivity contribution in [2.24, 2.45) is 0 Å². The SMILES string of the molecule is O=C(NC1CCC(F)(F)CC1)c1c(-c2cc(F)ccc2F)nc(F)c(F)c1-c1cccnc1. The molecule has 1 amide bonds. The Morgan fingerprint density at radius 3 is 2.45 bits per heavy atom. The molecule has 1 aliphatic rings. The maximum Gasteiger partial charge on any atom is 0.254 e. The molecule has 10 heteroatoms. The van der Waals surface area contributed by atoms with Crippen LogP contribution in [0.5, 0.6) is 0 Å². The Kier molecular flexibility index (Phi) is 6.09. The summed E-state index contributed by atoms with van der Waals surface area (Å²) in [5.74, 6) is -8.83. The summed E-state index contributed by atoms with van der Waals surface area (Å²) < 4.78 is 84.9. The predicted molar refractivity (Wildman–Crippen MR) is 107 cm³/mol. The molecule has 3 aromatic rings. The number of carbonyl (C=O) groups excluding carboxylic acids is 1. The average Bonchev–Trinajstić information content (AvgIpc) is 2.79. The van der Waals surface area contributed by atoms with Gasteiger partial charge in [-0.2, -0.15) is 4.39 Å². The molecule has 0 spiro atoms. The summed E-state index contributed by atoms with van der Waals surface area (Å²) in [6.45, 7) is 0. The van der Waals surface area contributed by atoms with Crippen LogP contribution in [0.25, 0.3) is 22.4 Å². The molecule has 33 heavy (non-hydrogen) atoms. The van der Waals surface area contributed by atoms with Crippen LogP contribution in [-0.2, 0) is 0 Å². The van der Waals surface area contributed by atoms with E-state index in [1.807, 2.05) is 0 Å². The van der Waals surface area contributed by atoms with Crippen molar-refractivity contribution < 1.29 is 31.1 Å². The fourth-order valence-corrected chi connectivity index (χ4v) is 3.85. The lowest BCUT2D eigenvalue weighted by atomic mass is 9.91. The third-order valence-electron chi connectivity index (χ3n) is 5.51. The fourth-order valence-electron chi connectivity index (χ4n) is 3.85. The normalized spacial score (nSPS) is 15.9. The van der Waals surface area contributed by atoms with Crippen LogP contribution in [0.1, 0.15) is 36.0 Å². The number of carbonyl (C=O) groups is 1. The first-order valence-electron chi connectivity index (χ1n) is 10.1. The number of hydrogen-bond donors (Lipinski definition) is 1.